The van der Waals surface area contributed by atoms with E-state index in [-0.39, 0.29) is 82.1 Å². The molecule has 3 aliphatic carbocycles. The summed E-state index contributed by atoms with van der Waals surface area (Å²) in [6.45, 7) is -4.53. The topological polar surface area (TPSA) is 659 Å². The Morgan fingerprint density at radius 3 is 1.23 bits per heavy atom. The number of hydrogen-bond donors (Lipinski definition) is 18. The fourth-order valence-electron chi connectivity index (χ4n) is 12.5. The lowest BCUT2D eigenvalue weighted by Gasteiger charge is -2.41. The molecule has 11 heterocycles. The van der Waals surface area contributed by atoms with Gasteiger partial charge in [-0.2, -0.15) is 49.2 Å². The molecule has 13 atom stereocenters. The van der Waals surface area contributed by atoms with E-state index in [1.807, 2.05) is 0 Å². The second kappa shape index (κ2) is 31.2. The smallest absolute Gasteiger partial charge is 0.362 e. The molecule has 52 heteroatoms. The van der Waals surface area contributed by atoms with Crippen molar-refractivity contribution in [1.29, 1.82) is 0 Å². The molecule has 0 aromatic carbocycles. The normalized spacial score (nSPS) is 27.7. The first-order valence-corrected chi connectivity index (χ1v) is 37.8. The van der Waals surface area contributed by atoms with Crippen molar-refractivity contribution in [2.45, 2.75) is 185 Å². The molecule has 562 valence electrons. The average molecular weight is 1560 g/mol. The van der Waals surface area contributed by atoms with E-state index in [0.29, 0.717) is 28.5 Å². The lowest BCUT2D eigenvalue weighted by molar-refractivity contribution is -0.189. The van der Waals surface area contributed by atoms with Crippen molar-refractivity contribution in [3.05, 3.63) is 21.7 Å². The predicted molar refractivity (Wildman–Crippen MR) is 341 cm³/mol. The summed E-state index contributed by atoms with van der Waals surface area (Å²) < 4.78 is 76.5. The Balaban J connectivity index is 0.000000145. The van der Waals surface area contributed by atoms with Crippen molar-refractivity contribution in [2.24, 2.45) is 0 Å². The van der Waals surface area contributed by atoms with Crippen molar-refractivity contribution < 1.29 is 117 Å². The van der Waals surface area contributed by atoms with Crippen LogP contribution in [0.1, 0.15) is 107 Å². The van der Waals surface area contributed by atoms with Gasteiger partial charge in [-0.1, -0.05) is 59.4 Å². The van der Waals surface area contributed by atoms with E-state index in [0.717, 1.165) is 86.4 Å². The van der Waals surface area contributed by atoms with Gasteiger partial charge >= 0.3 is 22.8 Å². The van der Waals surface area contributed by atoms with Crippen LogP contribution in [0.3, 0.4) is 0 Å². The number of fused-ring (bicyclic) bond motifs is 3. The highest BCUT2D eigenvalue weighted by Gasteiger charge is 2.57. The van der Waals surface area contributed by atoms with Crippen LogP contribution in [0, 0.1) is 0 Å². The quantitative estimate of drug-likeness (QED) is 0.0224. The Kier molecular flexibility index (Phi) is 23.3. The summed E-state index contributed by atoms with van der Waals surface area (Å²) in [6.07, 6.45) is -3.76. The van der Waals surface area contributed by atoms with Gasteiger partial charge in [0.2, 0.25) is 38.2 Å². The van der Waals surface area contributed by atoms with Crippen LogP contribution in [-0.4, -0.2) is 296 Å². The molecule has 4 saturated heterocycles. The summed E-state index contributed by atoms with van der Waals surface area (Å²) in [7, 11) is -14.6. The van der Waals surface area contributed by atoms with Crippen molar-refractivity contribution in [1.82, 2.24) is 95.5 Å². The zero-order chi connectivity index (χ0) is 72.8. The predicted octanol–water partition coefficient (Wildman–Crippen LogP) is -2.25. The molecule has 7 aliphatic rings. The first kappa shape index (κ1) is 76.3. The zero-order valence-corrected chi connectivity index (χ0v) is 58.0. The summed E-state index contributed by atoms with van der Waals surface area (Å²) in [6, 6.07) is 0.647. The van der Waals surface area contributed by atoms with Crippen LogP contribution in [0.2, 0.25) is 15.9 Å². The van der Waals surface area contributed by atoms with Gasteiger partial charge in [-0.25, -0.2) is 0 Å². The second-order valence-electron chi connectivity index (χ2n) is 25.1. The Hall–Kier alpha value is -5.37. The molecule has 14 rings (SSSR count). The number of nitrogens with one attached hydrogen (secondary N) is 4. The lowest BCUT2D eigenvalue weighted by Crippen LogP contribution is -2.53. The minimum atomic E-state index is -5.11. The number of H-pyrrole nitrogens is 1. The zero-order valence-electron chi connectivity index (χ0n) is 53.0. The third-order valence-corrected chi connectivity index (χ3v) is 22.7. The van der Waals surface area contributed by atoms with E-state index in [1.165, 1.54) is 4.68 Å². The van der Waals surface area contributed by atoms with Gasteiger partial charge in [-0.05, 0) is 73.3 Å². The van der Waals surface area contributed by atoms with Crippen molar-refractivity contribution in [3.63, 3.8) is 0 Å². The van der Waals surface area contributed by atoms with E-state index in [9.17, 15) is 83.9 Å². The number of aromatic nitrogens is 19. The SMILES string of the molecule is O=P(O)(O)C(CO)(CO)OC[C@H]1O[C@@H](n2nnc3c(NC4CCCC4)nc(Cl)nc32)[C@H](O)[C@@H]1O.O=P(O)(O)C(OC[C@H]1O[C@@H](n2nnc3c(NC4CCCC4)nc(Cl)nc32)[C@H](O)[C@@H]1O)c1nn[nH]n1.O=P(O)(O)C1(OC[C@H]2O[C@@H](n3nnc4c(NC5CCCC5)nc(Cl)nc43)[C@H](O)[C@@H]2O)COC1. The molecule has 0 radical (unpaired) electrons. The van der Waals surface area contributed by atoms with Crippen LogP contribution in [-0.2, 0) is 46.9 Å². The van der Waals surface area contributed by atoms with Crippen LogP contribution >= 0.6 is 57.6 Å². The molecule has 46 nitrogen and oxygen atoms in total. The third kappa shape index (κ3) is 15.9. The fourth-order valence-corrected chi connectivity index (χ4v) is 15.1. The summed E-state index contributed by atoms with van der Waals surface area (Å²) in [5.74, 6) is -1.03. The minimum Gasteiger partial charge on any atom is -0.393 e. The molecule has 0 spiro atoms. The first-order valence-electron chi connectivity index (χ1n) is 31.8. The number of aromatic amines is 1. The maximum Gasteiger partial charge on any atom is 0.362 e. The van der Waals surface area contributed by atoms with Crippen LogP contribution in [0.15, 0.2) is 0 Å². The Morgan fingerprint density at radius 2 is 0.912 bits per heavy atom. The van der Waals surface area contributed by atoms with Gasteiger partial charge in [0.25, 0.3) is 0 Å². The minimum absolute atomic E-state index is 0.0481. The van der Waals surface area contributed by atoms with Crippen molar-refractivity contribution in [3.8, 4) is 0 Å². The number of rotatable bonds is 24. The van der Waals surface area contributed by atoms with Gasteiger partial charge in [0, 0.05) is 18.1 Å². The Labute approximate surface area is 587 Å². The van der Waals surface area contributed by atoms with E-state index in [2.05, 4.69) is 97.4 Å². The summed E-state index contributed by atoms with van der Waals surface area (Å²) in [5, 5.41) is 124. The van der Waals surface area contributed by atoms with Gasteiger partial charge in [0.05, 0.1) is 46.2 Å². The number of anilines is 3. The van der Waals surface area contributed by atoms with E-state index < -0.39 is 139 Å². The van der Waals surface area contributed by atoms with Crippen LogP contribution in [0.5, 0.6) is 0 Å². The van der Waals surface area contributed by atoms with Crippen molar-refractivity contribution in [2.75, 3.05) is 62.2 Å². The monoisotopic (exact) mass is 1560 g/mol. The van der Waals surface area contributed by atoms with Gasteiger partial charge in [0.15, 0.2) is 69.6 Å². The van der Waals surface area contributed by atoms with Crippen LogP contribution in [0.25, 0.3) is 33.5 Å². The molecule has 18 N–H and O–H groups in total. The lowest BCUT2D eigenvalue weighted by atomic mass is 10.1. The summed E-state index contributed by atoms with van der Waals surface area (Å²) >= 11 is 18.3. The number of halogens is 3. The third-order valence-electron chi connectivity index (χ3n) is 18.3. The molecular formula is C50H72Cl3N22O24P3. The highest BCUT2D eigenvalue weighted by atomic mass is 35.5. The second-order valence-corrected chi connectivity index (χ2v) is 31.6. The Bertz CT molecular complexity index is 4180. The average Bonchev–Trinajstić information content (AvgIpc) is 1.68. The number of aliphatic hydroxyl groups is 8. The number of aliphatic hydroxyl groups excluding tert-OH is 8. The number of ether oxygens (including phenoxy) is 7. The summed E-state index contributed by atoms with van der Waals surface area (Å²) in [5.41, 5.74) is 1.43. The Morgan fingerprint density at radius 1 is 0.539 bits per heavy atom. The maximum absolute atomic E-state index is 11.8. The number of tetrazole rings is 1. The molecule has 0 bridgehead atoms. The highest BCUT2D eigenvalue weighted by molar-refractivity contribution is 7.53. The number of hydrogen-bond acceptors (Lipinski definition) is 36. The molecular weight excluding hydrogens is 1490 g/mol. The number of nitrogens with zero attached hydrogens (tertiary/aromatic N) is 18. The van der Waals surface area contributed by atoms with Crippen molar-refractivity contribution >= 4 is 109 Å². The first-order chi connectivity index (χ1) is 48.5. The van der Waals surface area contributed by atoms with E-state index in [4.69, 9.17) is 68.0 Å². The standard InChI is InChI=1S/C17H26ClN6O9P.C17H24ClN6O8P.C16H22ClN10O7P/c18-16-20-13(19-8-3-1-2-4-8)10-14(21-16)24(23-22-10)15-12(28)11(27)9(33-15)5-32-17(6-25,7-26)34(29,30)31;18-16-20-13(19-8-3-1-2-4-8)10-14(21-16)24(23-22-10)15-12(26)11(25)9(32-15)5-31-17(6-30-7-17)33(27,28)29;17-16-19-11(18-6-3-1-2-4-6)8-13(20-16)27(26-21-8)14-10(29)9(28)7(34-14)5-33-15(35(30,31)32)12-22-24-25-23-12/h8-9,11-12,15,25-28H,1-7H2,(H,19,20,21)(H2,29,30,31);8-9,11-12,15,25-26H,1-7H2,(H,19,20,21)(H2,27,28,29);6-7,9-10,14-15,28-29H,1-5H2,(H,18,19,20)(H2,30,31,32)(H,22,23,24,25)/t2*9-,11-,12-,15-;7-,9-,10-,14-,15?/m111/s1. The molecule has 102 heavy (non-hydrogen) atoms. The molecule has 4 aliphatic heterocycles. The van der Waals surface area contributed by atoms with Gasteiger partial charge in [0.1, 0.15) is 54.9 Å². The summed E-state index contributed by atoms with van der Waals surface area (Å²) in [4.78, 5) is 82.2. The molecule has 3 saturated carbocycles. The van der Waals surface area contributed by atoms with Gasteiger partial charge in [-0.3, -0.25) is 13.7 Å². The molecule has 0 amide bonds. The van der Waals surface area contributed by atoms with Crippen LogP contribution in [0.4, 0.5) is 17.5 Å². The van der Waals surface area contributed by atoms with Gasteiger partial charge in [-0.15, -0.1) is 25.5 Å². The van der Waals surface area contributed by atoms with Crippen LogP contribution < -0.4 is 16.0 Å². The molecule has 7 aromatic heterocycles. The highest BCUT2D eigenvalue weighted by Crippen LogP contribution is 2.56. The molecule has 7 fully saturated rings. The maximum atomic E-state index is 11.8. The fraction of sp³-hybridized carbons (Fsp3) is 0.740. The van der Waals surface area contributed by atoms with E-state index >= 15 is 0 Å². The molecule has 7 aromatic rings. The van der Waals surface area contributed by atoms with E-state index in [1.54, 1.807) is 0 Å². The largest absolute Gasteiger partial charge is 0.393 e. The van der Waals surface area contributed by atoms with Gasteiger partial charge < -0.3 is 119 Å². The molecule has 1 unspecified atom stereocenters.